The van der Waals surface area contributed by atoms with Crippen molar-refractivity contribution in [2.75, 3.05) is 13.6 Å². The van der Waals surface area contributed by atoms with Crippen molar-refractivity contribution in [1.29, 1.82) is 5.26 Å². The van der Waals surface area contributed by atoms with E-state index in [1.165, 1.54) is 0 Å². The summed E-state index contributed by atoms with van der Waals surface area (Å²) in [5.41, 5.74) is 0. The number of rotatable bonds is 2. The van der Waals surface area contributed by atoms with Crippen LogP contribution in [-0.2, 0) is 0 Å². The first-order valence-corrected chi connectivity index (χ1v) is 4.55. The minimum absolute atomic E-state index is 0.190. The van der Waals surface area contributed by atoms with Crippen LogP contribution in [0, 0.1) is 17.2 Å². The molecule has 0 aliphatic rings. The van der Waals surface area contributed by atoms with E-state index in [0.717, 1.165) is 6.54 Å². The van der Waals surface area contributed by atoms with Gasteiger partial charge in [0.25, 0.3) is 0 Å². The normalized spacial score (nSPS) is 9.67. The highest BCUT2D eigenvalue weighted by Gasteiger charge is 1.95. The van der Waals surface area contributed by atoms with Crippen molar-refractivity contribution in [3.8, 4) is 6.07 Å². The molecule has 12 heavy (non-hydrogen) atoms. The maximum Gasteiger partial charge on any atom is 0.0649 e. The topological polar surface area (TPSA) is 27.0 Å². The predicted octanol–water partition coefficient (Wildman–Crippen LogP) is 2.51. The molecule has 0 saturated heterocycles. The Hall–Kier alpha value is -0.550. The standard InChI is InChI=1S/C6H15N.C4H7N/c1-5-7(4)6(2)3;1-4(2)3-5/h6H,5H2,1-4H3;4H,1-2H3. The van der Waals surface area contributed by atoms with Gasteiger partial charge in [-0.2, -0.15) is 5.26 Å². The molecule has 2 heteroatoms. The minimum Gasteiger partial charge on any atom is -0.304 e. The van der Waals surface area contributed by atoms with Crippen molar-refractivity contribution in [1.82, 2.24) is 4.90 Å². The SMILES string of the molecule is CC(C)C#N.CCN(C)C(C)C. The van der Waals surface area contributed by atoms with Crippen LogP contribution < -0.4 is 0 Å². The molecule has 0 saturated carbocycles. The fourth-order valence-electron chi connectivity index (χ4n) is 0.365. The van der Waals surface area contributed by atoms with Crippen LogP contribution in [0.15, 0.2) is 0 Å². The third kappa shape index (κ3) is 12.2. The van der Waals surface area contributed by atoms with Crippen molar-refractivity contribution in [2.45, 2.75) is 40.7 Å². The summed E-state index contributed by atoms with van der Waals surface area (Å²) in [5.74, 6) is 0.190. The summed E-state index contributed by atoms with van der Waals surface area (Å²) in [6.07, 6.45) is 0. The first kappa shape index (κ1) is 14.0. The van der Waals surface area contributed by atoms with Crippen molar-refractivity contribution < 1.29 is 0 Å². The van der Waals surface area contributed by atoms with Crippen LogP contribution in [-0.4, -0.2) is 24.5 Å². The summed E-state index contributed by atoms with van der Waals surface area (Å²) in [6, 6.07) is 2.73. The van der Waals surface area contributed by atoms with Gasteiger partial charge in [-0.3, -0.25) is 0 Å². The summed E-state index contributed by atoms with van der Waals surface area (Å²) in [6.45, 7) is 11.4. The first-order valence-electron chi connectivity index (χ1n) is 4.55. The molecule has 0 aromatic heterocycles. The van der Waals surface area contributed by atoms with Gasteiger partial charge in [0, 0.05) is 12.0 Å². The lowest BCUT2D eigenvalue weighted by molar-refractivity contribution is 0.289. The molecule has 0 aliphatic heterocycles. The Morgan fingerprint density at radius 3 is 1.58 bits per heavy atom. The average Bonchev–Trinajstić information content (AvgIpc) is 2.04. The van der Waals surface area contributed by atoms with Gasteiger partial charge < -0.3 is 4.90 Å². The fourth-order valence-corrected chi connectivity index (χ4v) is 0.365. The summed E-state index contributed by atoms with van der Waals surface area (Å²) < 4.78 is 0. The van der Waals surface area contributed by atoms with Crippen LogP contribution in [0.3, 0.4) is 0 Å². The Kier molecular flexibility index (Phi) is 9.97. The van der Waals surface area contributed by atoms with E-state index < -0.39 is 0 Å². The molecule has 0 radical (unpaired) electrons. The second kappa shape index (κ2) is 8.55. The van der Waals surface area contributed by atoms with Crippen LogP contribution >= 0.6 is 0 Å². The summed E-state index contributed by atoms with van der Waals surface area (Å²) >= 11 is 0. The van der Waals surface area contributed by atoms with Crippen molar-refractivity contribution in [3.63, 3.8) is 0 Å². The van der Waals surface area contributed by atoms with Crippen LogP contribution in [0.1, 0.15) is 34.6 Å². The van der Waals surface area contributed by atoms with Crippen LogP contribution in [0.4, 0.5) is 0 Å². The zero-order valence-corrected chi connectivity index (χ0v) is 9.26. The molecule has 0 fully saturated rings. The van der Waals surface area contributed by atoms with Gasteiger partial charge in [0.05, 0.1) is 6.07 Å². The first-order chi connectivity index (χ1) is 5.45. The van der Waals surface area contributed by atoms with Crippen molar-refractivity contribution >= 4 is 0 Å². The van der Waals surface area contributed by atoms with Gasteiger partial charge >= 0.3 is 0 Å². The lowest BCUT2D eigenvalue weighted by Crippen LogP contribution is -2.25. The zero-order valence-electron chi connectivity index (χ0n) is 9.26. The highest BCUT2D eigenvalue weighted by molar-refractivity contribution is 4.72. The average molecular weight is 170 g/mol. The molecule has 2 nitrogen and oxygen atoms in total. The zero-order chi connectivity index (χ0) is 10.1. The van der Waals surface area contributed by atoms with Crippen LogP contribution in [0.2, 0.25) is 0 Å². The Balaban J connectivity index is 0. The second-order valence-corrected chi connectivity index (χ2v) is 3.45. The van der Waals surface area contributed by atoms with E-state index >= 15 is 0 Å². The third-order valence-electron chi connectivity index (χ3n) is 1.64. The van der Waals surface area contributed by atoms with Crippen LogP contribution in [0.5, 0.6) is 0 Å². The molecular formula is C10H22N2. The van der Waals surface area contributed by atoms with Gasteiger partial charge in [0.15, 0.2) is 0 Å². The summed E-state index contributed by atoms with van der Waals surface area (Å²) in [7, 11) is 2.13. The molecule has 0 unspecified atom stereocenters. The Morgan fingerprint density at radius 1 is 1.25 bits per heavy atom. The fraction of sp³-hybridized carbons (Fsp3) is 0.900. The molecule has 0 atom stereocenters. The van der Waals surface area contributed by atoms with E-state index in [9.17, 15) is 0 Å². The molecule has 0 heterocycles. The minimum atomic E-state index is 0.190. The molecule has 0 bridgehead atoms. The molecular weight excluding hydrogens is 148 g/mol. The third-order valence-corrected chi connectivity index (χ3v) is 1.64. The number of hydrogen-bond acceptors (Lipinski definition) is 2. The lowest BCUT2D eigenvalue weighted by atomic mass is 10.3. The van der Waals surface area contributed by atoms with Gasteiger partial charge in [-0.25, -0.2) is 0 Å². The van der Waals surface area contributed by atoms with E-state index in [1.807, 2.05) is 19.9 Å². The van der Waals surface area contributed by atoms with Gasteiger partial charge in [-0.1, -0.05) is 6.92 Å². The molecule has 0 rings (SSSR count). The molecule has 0 N–H and O–H groups in total. The van der Waals surface area contributed by atoms with Crippen molar-refractivity contribution in [3.05, 3.63) is 0 Å². The van der Waals surface area contributed by atoms with Gasteiger partial charge in [-0.15, -0.1) is 0 Å². The summed E-state index contributed by atoms with van der Waals surface area (Å²) in [4.78, 5) is 2.29. The Labute approximate surface area is 77.2 Å². The maximum absolute atomic E-state index is 7.89. The van der Waals surface area contributed by atoms with E-state index in [0.29, 0.717) is 6.04 Å². The highest BCUT2D eigenvalue weighted by Crippen LogP contribution is 1.89. The van der Waals surface area contributed by atoms with E-state index in [2.05, 4.69) is 32.7 Å². The number of hydrogen-bond donors (Lipinski definition) is 0. The Morgan fingerprint density at radius 2 is 1.58 bits per heavy atom. The van der Waals surface area contributed by atoms with E-state index in [4.69, 9.17) is 5.26 Å². The van der Waals surface area contributed by atoms with Gasteiger partial charge in [-0.05, 0) is 41.3 Å². The number of nitrogens with zero attached hydrogens (tertiary/aromatic N) is 2. The second-order valence-electron chi connectivity index (χ2n) is 3.45. The number of nitriles is 1. The smallest absolute Gasteiger partial charge is 0.0649 e. The molecule has 0 amide bonds. The lowest BCUT2D eigenvalue weighted by Gasteiger charge is -2.17. The molecule has 0 spiro atoms. The van der Waals surface area contributed by atoms with Gasteiger partial charge in [0.2, 0.25) is 0 Å². The molecule has 72 valence electrons. The molecule has 0 aromatic carbocycles. The predicted molar refractivity (Wildman–Crippen MR) is 53.9 cm³/mol. The van der Waals surface area contributed by atoms with Gasteiger partial charge in [0.1, 0.15) is 0 Å². The van der Waals surface area contributed by atoms with E-state index in [-0.39, 0.29) is 5.92 Å². The van der Waals surface area contributed by atoms with Crippen molar-refractivity contribution in [2.24, 2.45) is 5.92 Å². The molecule has 0 aromatic rings. The van der Waals surface area contributed by atoms with E-state index in [1.54, 1.807) is 0 Å². The quantitative estimate of drug-likeness (QED) is 0.636. The summed E-state index contributed by atoms with van der Waals surface area (Å²) in [5, 5.41) is 7.89. The molecule has 0 aliphatic carbocycles. The highest BCUT2D eigenvalue weighted by atomic mass is 15.1. The monoisotopic (exact) mass is 170 g/mol. The maximum atomic E-state index is 7.89. The Bertz CT molecular complexity index is 122. The van der Waals surface area contributed by atoms with Crippen LogP contribution in [0.25, 0.3) is 0 Å². The largest absolute Gasteiger partial charge is 0.304 e.